The van der Waals surface area contributed by atoms with Crippen molar-refractivity contribution in [3.05, 3.63) is 52.8 Å². The SMILES string of the molecule is COCCCn1c(C)cc(C(=O)COC(=O)c2ccc(NC(=O)C3CC3)cc2)c1C. The van der Waals surface area contributed by atoms with Gasteiger partial charge in [-0.1, -0.05) is 0 Å². The van der Waals surface area contributed by atoms with Crippen molar-refractivity contribution in [2.45, 2.75) is 39.7 Å². The molecule has 1 N–H and O–H groups in total. The summed E-state index contributed by atoms with van der Waals surface area (Å²) < 4.78 is 12.4. The van der Waals surface area contributed by atoms with Crippen molar-refractivity contribution in [1.82, 2.24) is 4.57 Å². The molecule has 1 heterocycles. The highest BCUT2D eigenvalue weighted by Gasteiger charge is 2.29. The number of anilines is 1. The Morgan fingerprint density at radius 1 is 1.13 bits per heavy atom. The van der Waals surface area contributed by atoms with Crippen LogP contribution >= 0.6 is 0 Å². The first-order chi connectivity index (χ1) is 14.4. The summed E-state index contributed by atoms with van der Waals surface area (Å²) in [4.78, 5) is 36.6. The molecule has 7 nitrogen and oxygen atoms in total. The Morgan fingerprint density at radius 3 is 2.47 bits per heavy atom. The Balaban J connectivity index is 1.54. The first-order valence-electron chi connectivity index (χ1n) is 10.2. The molecule has 160 valence electrons. The summed E-state index contributed by atoms with van der Waals surface area (Å²) in [6.07, 6.45) is 2.71. The number of benzene rings is 1. The number of Topliss-reactive ketones (excluding diaryl/α,β-unsaturated/α-hetero) is 1. The van der Waals surface area contributed by atoms with Gasteiger partial charge in [0.1, 0.15) is 0 Å². The van der Waals surface area contributed by atoms with Gasteiger partial charge in [-0.25, -0.2) is 4.79 Å². The van der Waals surface area contributed by atoms with Gasteiger partial charge in [0.25, 0.3) is 0 Å². The first kappa shape index (κ1) is 21.8. The Kier molecular flexibility index (Phi) is 7.05. The van der Waals surface area contributed by atoms with E-state index in [0.29, 0.717) is 23.4 Å². The first-order valence-corrected chi connectivity index (χ1v) is 10.2. The molecule has 1 aliphatic rings. The lowest BCUT2D eigenvalue weighted by molar-refractivity contribution is -0.117. The van der Waals surface area contributed by atoms with Gasteiger partial charge < -0.3 is 19.4 Å². The summed E-state index contributed by atoms with van der Waals surface area (Å²) in [6, 6.07) is 8.31. The van der Waals surface area contributed by atoms with Gasteiger partial charge in [0.2, 0.25) is 11.7 Å². The van der Waals surface area contributed by atoms with Crippen molar-refractivity contribution in [3.63, 3.8) is 0 Å². The van der Waals surface area contributed by atoms with Crippen LogP contribution in [0.4, 0.5) is 5.69 Å². The molecule has 1 saturated carbocycles. The van der Waals surface area contributed by atoms with Crippen LogP contribution in [0.5, 0.6) is 0 Å². The molecule has 7 heteroatoms. The van der Waals surface area contributed by atoms with Crippen molar-refractivity contribution >= 4 is 23.3 Å². The summed E-state index contributed by atoms with van der Waals surface area (Å²) in [5.41, 5.74) is 3.39. The van der Waals surface area contributed by atoms with E-state index in [1.165, 1.54) is 0 Å². The van der Waals surface area contributed by atoms with Crippen LogP contribution < -0.4 is 5.32 Å². The summed E-state index contributed by atoms with van der Waals surface area (Å²) >= 11 is 0. The average molecular weight is 412 g/mol. The molecule has 0 aliphatic heterocycles. The van der Waals surface area contributed by atoms with E-state index in [4.69, 9.17) is 9.47 Å². The third kappa shape index (κ3) is 5.36. The Labute approximate surface area is 176 Å². The van der Waals surface area contributed by atoms with Gasteiger partial charge in [0.15, 0.2) is 6.61 Å². The van der Waals surface area contributed by atoms with E-state index in [1.54, 1.807) is 31.4 Å². The highest BCUT2D eigenvalue weighted by molar-refractivity contribution is 6.00. The number of ketones is 1. The molecule has 1 aromatic carbocycles. The number of nitrogens with zero attached hydrogens (tertiary/aromatic N) is 1. The van der Waals surface area contributed by atoms with Crippen LogP contribution in [0.15, 0.2) is 30.3 Å². The second-order valence-corrected chi connectivity index (χ2v) is 7.62. The number of hydrogen-bond acceptors (Lipinski definition) is 5. The molecule has 2 aromatic rings. The number of aryl methyl sites for hydroxylation is 1. The lowest BCUT2D eigenvalue weighted by Crippen LogP contribution is -2.16. The molecule has 1 fully saturated rings. The van der Waals surface area contributed by atoms with Crippen LogP contribution in [0, 0.1) is 19.8 Å². The number of rotatable bonds is 10. The molecule has 0 spiro atoms. The highest BCUT2D eigenvalue weighted by atomic mass is 16.5. The smallest absolute Gasteiger partial charge is 0.338 e. The van der Waals surface area contributed by atoms with Crippen LogP contribution in [0.2, 0.25) is 0 Å². The number of hydrogen-bond donors (Lipinski definition) is 1. The van der Waals surface area contributed by atoms with E-state index in [9.17, 15) is 14.4 Å². The van der Waals surface area contributed by atoms with Gasteiger partial charge in [-0.15, -0.1) is 0 Å². The maximum Gasteiger partial charge on any atom is 0.338 e. The van der Waals surface area contributed by atoms with E-state index < -0.39 is 5.97 Å². The molecule has 0 atom stereocenters. The van der Waals surface area contributed by atoms with Crippen LogP contribution in [-0.4, -0.2) is 42.6 Å². The van der Waals surface area contributed by atoms with Gasteiger partial charge >= 0.3 is 5.97 Å². The fraction of sp³-hybridized carbons (Fsp3) is 0.435. The van der Waals surface area contributed by atoms with Crippen LogP contribution in [0.1, 0.15) is 51.4 Å². The molecular formula is C23H28N2O5. The predicted octanol–water partition coefficient (Wildman–Crippen LogP) is 3.53. The number of methoxy groups -OCH3 is 1. The summed E-state index contributed by atoms with van der Waals surface area (Å²) in [6.45, 7) is 4.94. The predicted molar refractivity (Wildman–Crippen MR) is 113 cm³/mol. The monoisotopic (exact) mass is 412 g/mol. The second-order valence-electron chi connectivity index (χ2n) is 7.62. The second kappa shape index (κ2) is 9.71. The molecule has 3 rings (SSSR count). The van der Waals surface area contributed by atoms with E-state index in [-0.39, 0.29) is 24.2 Å². The fourth-order valence-corrected chi connectivity index (χ4v) is 3.37. The number of nitrogens with one attached hydrogen (secondary N) is 1. The molecule has 0 saturated heterocycles. The van der Waals surface area contributed by atoms with E-state index in [0.717, 1.165) is 37.2 Å². The van der Waals surface area contributed by atoms with Crippen LogP contribution in [0.25, 0.3) is 0 Å². The molecule has 0 radical (unpaired) electrons. The third-order valence-corrected chi connectivity index (χ3v) is 5.27. The normalized spacial score (nSPS) is 13.2. The molecule has 1 amide bonds. The van der Waals surface area contributed by atoms with Crippen molar-refractivity contribution in [3.8, 4) is 0 Å². The van der Waals surface area contributed by atoms with Crippen molar-refractivity contribution in [2.75, 3.05) is 25.6 Å². The Morgan fingerprint density at radius 2 is 1.83 bits per heavy atom. The van der Waals surface area contributed by atoms with Crippen molar-refractivity contribution < 1.29 is 23.9 Å². The highest BCUT2D eigenvalue weighted by Crippen LogP contribution is 2.30. The van der Waals surface area contributed by atoms with E-state index in [1.807, 2.05) is 19.9 Å². The Hall–Kier alpha value is -2.93. The third-order valence-electron chi connectivity index (χ3n) is 5.27. The molecule has 0 bridgehead atoms. The summed E-state index contributed by atoms with van der Waals surface area (Å²) in [5, 5.41) is 2.82. The lowest BCUT2D eigenvalue weighted by Gasteiger charge is -2.09. The molecule has 1 aromatic heterocycles. The number of esters is 1. The summed E-state index contributed by atoms with van der Waals surface area (Å²) in [5.74, 6) is -0.682. The largest absolute Gasteiger partial charge is 0.454 e. The number of carbonyl (C=O) groups is 3. The van der Waals surface area contributed by atoms with Gasteiger partial charge in [0, 0.05) is 48.8 Å². The van der Waals surface area contributed by atoms with Crippen molar-refractivity contribution in [2.24, 2.45) is 5.92 Å². The van der Waals surface area contributed by atoms with E-state index >= 15 is 0 Å². The summed E-state index contributed by atoms with van der Waals surface area (Å²) in [7, 11) is 1.66. The maximum atomic E-state index is 12.6. The number of ether oxygens (including phenoxy) is 2. The van der Waals surface area contributed by atoms with Gasteiger partial charge in [0.05, 0.1) is 5.56 Å². The zero-order chi connectivity index (χ0) is 21.7. The maximum absolute atomic E-state index is 12.6. The van der Waals surface area contributed by atoms with Crippen LogP contribution in [-0.2, 0) is 20.8 Å². The number of aromatic nitrogens is 1. The van der Waals surface area contributed by atoms with Gasteiger partial charge in [-0.2, -0.15) is 0 Å². The molecule has 0 unspecified atom stereocenters. The van der Waals surface area contributed by atoms with Gasteiger partial charge in [-0.05, 0) is 63.4 Å². The standard InChI is InChI=1S/C23H28N2O5/c1-15-13-20(16(2)25(15)11-4-12-29-3)21(26)14-30-23(28)18-7-9-19(10-8-18)24-22(27)17-5-6-17/h7-10,13,17H,4-6,11-12,14H2,1-3H3,(H,24,27). The minimum atomic E-state index is -0.572. The zero-order valence-corrected chi connectivity index (χ0v) is 17.7. The van der Waals surface area contributed by atoms with Crippen molar-refractivity contribution in [1.29, 1.82) is 0 Å². The quantitative estimate of drug-likeness (QED) is 0.366. The minimum absolute atomic E-state index is 0.00995. The molecule has 30 heavy (non-hydrogen) atoms. The average Bonchev–Trinajstić information content (AvgIpc) is 3.54. The lowest BCUT2D eigenvalue weighted by atomic mass is 10.1. The topological polar surface area (TPSA) is 86.6 Å². The van der Waals surface area contributed by atoms with E-state index in [2.05, 4.69) is 9.88 Å². The minimum Gasteiger partial charge on any atom is -0.454 e. The number of amides is 1. The molecular weight excluding hydrogens is 384 g/mol. The zero-order valence-electron chi connectivity index (χ0n) is 17.7. The Bertz CT molecular complexity index is 926. The molecule has 1 aliphatic carbocycles. The fourth-order valence-electron chi connectivity index (χ4n) is 3.37. The van der Waals surface area contributed by atoms with Crippen LogP contribution in [0.3, 0.4) is 0 Å². The van der Waals surface area contributed by atoms with Gasteiger partial charge in [-0.3, -0.25) is 9.59 Å². The number of carbonyl (C=O) groups excluding carboxylic acids is 3.